The Kier molecular flexibility index (Phi) is 4.66. The highest BCUT2D eigenvalue weighted by molar-refractivity contribution is 5.97. The lowest BCUT2D eigenvalue weighted by atomic mass is 10.1. The number of nitrogens with one attached hydrogen (secondary N) is 3. The maximum absolute atomic E-state index is 11.8. The highest BCUT2D eigenvalue weighted by Gasteiger charge is 2.11. The minimum atomic E-state index is -0.275. The average molecular weight is 299 g/mol. The number of allylic oxidation sites excluding steroid dienone is 1. The standard InChI is InChI=1S/C13H13N7O2/c1-15-13(21)10-5-9(3-4-11(10)22-2)16-7-8(6-14)12-17-19-20-18-12/h3-5,7,16H,1-2H3,(H,15,21)(H,17,18,19,20). The molecule has 0 aliphatic rings. The zero-order valence-corrected chi connectivity index (χ0v) is 11.9. The fourth-order valence-corrected chi connectivity index (χ4v) is 1.69. The summed E-state index contributed by atoms with van der Waals surface area (Å²) < 4.78 is 5.14. The van der Waals surface area contributed by atoms with Crippen LogP contribution in [-0.2, 0) is 0 Å². The van der Waals surface area contributed by atoms with E-state index in [0.29, 0.717) is 17.0 Å². The molecule has 1 aromatic heterocycles. The molecule has 0 aliphatic heterocycles. The van der Waals surface area contributed by atoms with Gasteiger partial charge in [-0.15, -0.1) is 10.2 Å². The number of carbonyl (C=O) groups excluding carboxylic acids is 1. The number of benzene rings is 1. The zero-order valence-electron chi connectivity index (χ0n) is 11.9. The van der Waals surface area contributed by atoms with Crippen LogP contribution in [0.5, 0.6) is 5.75 Å². The summed E-state index contributed by atoms with van der Waals surface area (Å²) in [6.07, 6.45) is 1.43. The Bertz CT molecular complexity index is 731. The average Bonchev–Trinajstić information content (AvgIpc) is 3.09. The first kappa shape index (κ1) is 15.0. The number of H-pyrrole nitrogens is 1. The summed E-state index contributed by atoms with van der Waals surface area (Å²) in [6, 6.07) is 6.94. The molecule has 2 rings (SSSR count). The summed E-state index contributed by atoms with van der Waals surface area (Å²) in [6.45, 7) is 0. The second-order valence-electron chi connectivity index (χ2n) is 4.04. The number of rotatable bonds is 5. The van der Waals surface area contributed by atoms with Crippen molar-refractivity contribution in [2.24, 2.45) is 0 Å². The lowest BCUT2D eigenvalue weighted by Gasteiger charge is -2.09. The number of nitriles is 1. The van der Waals surface area contributed by atoms with Crippen molar-refractivity contribution in [3.05, 3.63) is 35.8 Å². The number of amides is 1. The van der Waals surface area contributed by atoms with E-state index in [1.165, 1.54) is 20.4 Å². The van der Waals surface area contributed by atoms with Gasteiger partial charge < -0.3 is 15.4 Å². The number of hydrogen-bond donors (Lipinski definition) is 3. The monoisotopic (exact) mass is 299 g/mol. The first-order valence-electron chi connectivity index (χ1n) is 6.20. The smallest absolute Gasteiger partial charge is 0.254 e. The minimum Gasteiger partial charge on any atom is -0.496 e. The molecule has 2 aromatic rings. The molecule has 0 saturated heterocycles. The van der Waals surface area contributed by atoms with E-state index in [4.69, 9.17) is 10.00 Å². The van der Waals surface area contributed by atoms with Crippen molar-refractivity contribution >= 4 is 17.2 Å². The summed E-state index contributed by atoms with van der Waals surface area (Å²) in [7, 11) is 3.02. The summed E-state index contributed by atoms with van der Waals surface area (Å²) in [5.41, 5.74) is 1.18. The number of hydrogen-bond acceptors (Lipinski definition) is 7. The molecular formula is C13H13N7O2. The van der Waals surface area contributed by atoms with Crippen molar-refractivity contribution in [1.82, 2.24) is 25.9 Å². The third-order valence-corrected chi connectivity index (χ3v) is 2.76. The van der Waals surface area contributed by atoms with Gasteiger partial charge in [0.25, 0.3) is 5.91 Å². The Morgan fingerprint density at radius 2 is 2.32 bits per heavy atom. The van der Waals surface area contributed by atoms with Crippen molar-refractivity contribution in [1.29, 1.82) is 5.26 Å². The van der Waals surface area contributed by atoms with Crippen LogP contribution in [0.15, 0.2) is 24.4 Å². The van der Waals surface area contributed by atoms with Crippen LogP contribution in [0.3, 0.4) is 0 Å². The third-order valence-electron chi connectivity index (χ3n) is 2.76. The number of nitrogens with zero attached hydrogens (tertiary/aromatic N) is 4. The van der Waals surface area contributed by atoms with E-state index in [-0.39, 0.29) is 17.3 Å². The summed E-state index contributed by atoms with van der Waals surface area (Å²) >= 11 is 0. The normalized spacial score (nSPS) is 10.7. The van der Waals surface area contributed by atoms with Crippen LogP contribution in [0.4, 0.5) is 5.69 Å². The van der Waals surface area contributed by atoms with Gasteiger partial charge in [-0.3, -0.25) is 4.79 Å². The quantitative estimate of drug-likeness (QED) is 0.687. The van der Waals surface area contributed by atoms with Crippen LogP contribution >= 0.6 is 0 Å². The van der Waals surface area contributed by atoms with Crippen LogP contribution in [0.25, 0.3) is 5.57 Å². The molecule has 1 heterocycles. The van der Waals surface area contributed by atoms with Gasteiger partial charge in [-0.25, -0.2) is 0 Å². The fraction of sp³-hybridized carbons (Fsp3) is 0.154. The van der Waals surface area contributed by atoms with Crippen molar-refractivity contribution in [2.45, 2.75) is 0 Å². The largest absolute Gasteiger partial charge is 0.496 e. The summed E-state index contributed by atoms with van der Waals surface area (Å²) in [5, 5.41) is 27.6. The van der Waals surface area contributed by atoms with E-state index < -0.39 is 0 Å². The lowest BCUT2D eigenvalue weighted by molar-refractivity contribution is 0.0960. The molecule has 9 heteroatoms. The molecule has 0 unspecified atom stereocenters. The van der Waals surface area contributed by atoms with Crippen molar-refractivity contribution in [3.8, 4) is 11.8 Å². The fourth-order valence-electron chi connectivity index (χ4n) is 1.69. The van der Waals surface area contributed by atoms with Crippen LogP contribution in [0, 0.1) is 11.3 Å². The molecule has 0 saturated carbocycles. The summed E-state index contributed by atoms with van der Waals surface area (Å²) in [4.78, 5) is 11.8. The van der Waals surface area contributed by atoms with E-state index in [1.807, 2.05) is 6.07 Å². The summed E-state index contributed by atoms with van der Waals surface area (Å²) in [5.74, 6) is 0.353. The lowest BCUT2D eigenvalue weighted by Crippen LogP contribution is -2.18. The van der Waals surface area contributed by atoms with Gasteiger partial charge in [0.2, 0.25) is 5.82 Å². The molecule has 0 fully saturated rings. The van der Waals surface area contributed by atoms with E-state index in [2.05, 4.69) is 31.3 Å². The molecular weight excluding hydrogens is 286 g/mol. The molecule has 0 bridgehead atoms. The topological polar surface area (TPSA) is 129 Å². The molecule has 0 radical (unpaired) electrons. The molecule has 1 amide bonds. The molecule has 0 aliphatic carbocycles. The van der Waals surface area contributed by atoms with Gasteiger partial charge in [-0.05, 0) is 23.4 Å². The van der Waals surface area contributed by atoms with Crippen LogP contribution in [0.1, 0.15) is 16.2 Å². The SMILES string of the molecule is CNC(=O)c1cc(NC=C(C#N)c2nn[nH]n2)ccc1OC. The third kappa shape index (κ3) is 3.18. The van der Waals surface area contributed by atoms with E-state index in [9.17, 15) is 4.79 Å². The maximum atomic E-state index is 11.8. The Morgan fingerprint density at radius 1 is 1.50 bits per heavy atom. The number of anilines is 1. The number of aromatic nitrogens is 4. The first-order chi connectivity index (χ1) is 10.7. The number of carbonyl (C=O) groups is 1. The minimum absolute atomic E-state index is 0.176. The molecule has 22 heavy (non-hydrogen) atoms. The Morgan fingerprint density at radius 3 is 2.91 bits per heavy atom. The van der Waals surface area contributed by atoms with Gasteiger partial charge in [0.15, 0.2) is 0 Å². The molecule has 3 N–H and O–H groups in total. The molecule has 1 aromatic carbocycles. The second kappa shape index (κ2) is 6.85. The second-order valence-corrected chi connectivity index (χ2v) is 4.04. The Balaban J connectivity index is 2.27. The predicted molar refractivity (Wildman–Crippen MR) is 77.8 cm³/mol. The van der Waals surface area contributed by atoms with Gasteiger partial charge in [0, 0.05) is 18.9 Å². The number of aromatic amines is 1. The van der Waals surface area contributed by atoms with E-state index >= 15 is 0 Å². The van der Waals surface area contributed by atoms with Crippen molar-refractivity contribution in [3.63, 3.8) is 0 Å². The van der Waals surface area contributed by atoms with Crippen molar-refractivity contribution in [2.75, 3.05) is 19.5 Å². The van der Waals surface area contributed by atoms with Gasteiger partial charge in [-0.2, -0.15) is 10.5 Å². The van der Waals surface area contributed by atoms with Crippen LogP contribution in [0.2, 0.25) is 0 Å². The van der Waals surface area contributed by atoms with Gasteiger partial charge in [0.1, 0.15) is 17.4 Å². The Labute approximate surface area is 126 Å². The zero-order chi connectivity index (χ0) is 15.9. The molecule has 0 spiro atoms. The predicted octanol–water partition coefficient (Wildman–Crippen LogP) is 0.544. The van der Waals surface area contributed by atoms with Gasteiger partial charge in [0.05, 0.1) is 12.7 Å². The first-order valence-corrected chi connectivity index (χ1v) is 6.20. The maximum Gasteiger partial charge on any atom is 0.254 e. The van der Waals surface area contributed by atoms with E-state index in [0.717, 1.165) is 0 Å². The van der Waals surface area contributed by atoms with E-state index in [1.54, 1.807) is 18.2 Å². The van der Waals surface area contributed by atoms with Crippen molar-refractivity contribution < 1.29 is 9.53 Å². The Hall–Kier alpha value is -3.41. The highest BCUT2D eigenvalue weighted by Crippen LogP contribution is 2.23. The molecule has 112 valence electrons. The van der Waals surface area contributed by atoms with Crippen LogP contribution < -0.4 is 15.4 Å². The molecule has 0 atom stereocenters. The highest BCUT2D eigenvalue weighted by atomic mass is 16.5. The van der Waals surface area contributed by atoms with Crippen LogP contribution in [-0.4, -0.2) is 40.7 Å². The van der Waals surface area contributed by atoms with Gasteiger partial charge in [-0.1, -0.05) is 0 Å². The number of tetrazole rings is 1. The molecule has 9 nitrogen and oxygen atoms in total. The van der Waals surface area contributed by atoms with Gasteiger partial charge >= 0.3 is 0 Å². The number of ether oxygens (including phenoxy) is 1. The number of methoxy groups -OCH3 is 1.